The van der Waals surface area contributed by atoms with Gasteiger partial charge in [-0.15, -0.1) is 0 Å². The number of ether oxygens (including phenoxy) is 5. The molecule has 0 aromatic rings. The maximum absolute atomic E-state index is 12.6. The van der Waals surface area contributed by atoms with Crippen LogP contribution in [0.3, 0.4) is 0 Å². The van der Waals surface area contributed by atoms with Gasteiger partial charge in [-0.3, -0.25) is 4.79 Å². The van der Waals surface area contributed by atoms with Gasteiger partial charge in [-0.1, -0.05) is 59.2 Å². The Morgan fingerprint density at radius 1 is 1.16 bits per heavy atom. The Labute approximate surface area is 193 Å². The molecule has 0 bridgehead atoms. The Bertz CT molecular complexity index is 712. The third-order valence-electron chi connectivity index (χ3n) is 5.22. The number of esters is 1. The topological polar surface area (TPSA) is 141 Å². The molecule has 2 saturated heterocycles. The first-order chi connectivity index (χ1) is 14.7. The zero-order valence-corrected chi connectivity index (χ0v) is 18.9. The summed E-state index contributed by atoms with van der Waals surface area (Å²) in [4.78, 5) is 26.6. The lowest BCUT2D eigenvalue weighted by Crippen LogP contribution is -2.59. The third-order valence-corrected chi connectivity index (χ3v) is 5.76. The normalized spacial score (nSPS) is 33.7. The fourth-order valence-electron chi connectivity index (χ4n) is 3.86. The van der Waals surface area contributed by atoms with Crippen LogP contribution in [0.5, 0.6) is 0 Å². The van der Waals surface area contributed by atoms with Crippen molar-refractivity contribution in [3.63, 3.8) is 0 Å². The lowest BCUT2D eigenvalue weighted by atomic mass is 9.96. The van der Waals surface area contributed by atoms with Gasteiger partial charge >= 0.3 is 12.1 Å². The van der Waals surface area contributed by atoms with Crippen LogP contribution in [-0.4, -0.2) is 65.4 Å². The highest BCUT2D eigenvalue weighted by atomic mass is 35.6. The molecule has 2 aliphatic heterocycles. The van der Waals surface area contributed by atoms with E-state index in [4.69, 9.17) is 64.0 Å². The van der Waals surface area contributed by atoms with E-state index in [0.717, 1.165) is 32.1 Å². The highest BCUT2D eigenvalue weighted by molar-refractivity contribution is 6.67. The molecule has 0 radical (unpaired) electrons. The average Bonchev–Trinajstić information content (AvgIpc) is 3.15. The number of carbonyl (C=O) groups excluding carboxylic acids is 2. The minimum atomic E-state index is -1.96. The summed E-state index contributed by atoms with van der Waals surface area (Å²) in [5.41, 5.74) is 8.89. The third kappa shape index (κ3) is 6.41. The maximum atomic E-state index is 12.6. The molecular weight excluding hydrogens is 479 g/mol. The van der Waals surface area contributed by atoms with Crippen LogP contribution in [0.1, 0.15) is 39.0 Å². The minimum Gasteiger partial charge on any atom is -0.463 e. The quantitative estimate of drug-likeness (QED) is 0.200. The van der Waals surface area contributed by atoms with Gasteiger partial charge in [-0.05, 0) is 18.4 Å². The fraction of sp³-hybridized carbons (Fsp3) is 0.882. The Morgan fingerprint density at radius 2 is 1.84 bits per heavy atom. The molecule has 3 rings (SSSR count). The van der Waals surface area contributed by atoms with E-state index in [-0.39, 0.29) is 12.6 Å². The Morgan fingerprint density at radius 3 is 2.45 bits per heavy atom. The number of amides is 1. The van der Waals surface area contributed by atoms with E-state index >= 15 is 0 Å². The van der Waals surface area contributed by atoms with Crippen molar-refractivity contribution in [1.82, 2.24) is 5.32 Å². The van der Waals surface area contributed by atoms with E-state index in [2.05, 4.69) is 15.3 Å². The first-order valence-corrected chi connectivity index (χ1v) is 11.0. The summed E-state index contributed by atoms with van der Waals surface area (Å²) in [6, 6.07) is -0.000849. The van der Waals surface area contributed by atoms with E-state index < -0.39 is 52.8 Å². The van der Waals surface area contributed by atoms with Crippen molar-refractivity contribution in [1.29, 1.82) is 0 Å². The Hall–Kier alpha value is -1.20. The van der Waals surface area contributed by atoms with Crippen molar-refractivity contribution in [2.45, 2.75) is 85.8 Å². The van der Waals surface area contributed by atoms with E-state index in [9.17, 15) is 9.59 Å². The van der Waals surface area contributed by atoms with Crippen LogP contribution in [0.4, 0.5) is 4.79 Å². The summed E-state index contributed by atoms with van der Waals surface area (Å²) in [5, 5.41) is 6.38. The number of hydrogen-bond donors (Lipinski definition) is 1. The average molecular weight is 502 g/mol. The number of azide groups is 1. The molecule has 174 valence electrons. The first kappa shape index (κ1) is 24.4. The van der Waals surface area contributed by atoms with Crippen LogP contribution in [-0.2, 0) is 28.5 Å². The monoisotopic (exact) mass is 500 g/mol. The van der Waals surface area contributed by atoms with Gasteiger partial charge in [0.15, 0.2) is 12.3 Å². The second-order valence-electron chi connectivity index (χ2n) is 7.50. The lowest BCUT2D eigenvalue weighted by molar-refractivity contribution is -0.200. The number of alkyl carbamates (subject to hydrolysis) is 1. The maximum Gasteiger partial charge on any atom is 0.407 e. The fourth-order valence-corrected chi connectivity index (χ4v) is 4.17. The predicted octanol–water partition coefficient (Wildman–Crippen LogP) is 3.49. The Balaban J connectivity index is 1.79. The number of hydrogen-bond acceptors (Lipinski definition) is 8. The summed E-state index contributed by atoms with van der Waals surface area (Å²) in [6.45, 7) is 0.940. The summed E-state index contributed by atoms with van der Waals surface area (Å²) in [7, 11) is 0. The summed E-state index contributed by atoms with van der Waals surface area (Å²) >= 11 is 17.7. The van der Waals surface area contributed by atoms with Crippen molar-refractivity contribution in [2.75, 3.05) is 6.61 Å². The molecule has 0 unspecified atom stereocenters. The van der Waals surface area contributed by atoms with Gasteiger partial charge in [-0.2, -0.15) is 0 Å². The van der Waals surface area contributed by atoms with Gasteiger partial charge in [0.1, 0.15) is 24.9 Å². The van der Waals surface area contributed by atoms with Crippen LogP contribution < -0.4 is 5.32 Å². The van der Waals surface area contributed by atoms with Crippen LogP contribution in [0, 0.1) is 0 Å². The molecule has 31 heavy (non-hydrogen) atoms. The summed E-state index contributed by atoms with van der Waals surface area (Å²) in [6.07, 6.45) is -2.43. The van der Waals surface area contributed by atoms with Crippen molar-refractivity contribution >= 4 is 46.9 Å². The molecule has 1 aliphatic carbocycles. The smallest absolute Gasteiger partial charge is 0.407 e. The number of alkyl halides is 3. The molecule has 6 atom stereocenters. The number of nitrogens with one attached hydrogen (secondary N) is 1. The minimum absolute atomic E-state index is 0.000849. The van der Waals surface area contributed by atoms with Gasteiger partial charge in [0.05, 0.1) is 0 Å². The van der Waals surface area contributed by atoms with Crippen LogP contribution in [0.25, 0.3) is 10.4 Å². The van der Waals surface area contributed by atoms with Crippen LogP contribution in [0.2, 0.25) is 0 Å². The number of fused-ring (bicyclic) bond motifs is 1. The van der Waals surface area contributed by atoms with Gasteiger partial charge < -0.3 is 29.0 Å². The number of rotatable bonds is 5. The molecular formula is C17H23Cl3N4O7. The highest BCUT2D eigenvalue weighted by Gasteiger charge is 2.58. The number of halogens is 3. The largest absolute Gasteiger partial charge is 0.463 e. The SMILES string of the molecule is CC(=O)OC[C@H]1O[C@@H](N=[N+]=[N-])[C@@H]2O[C@@H](C(Cl)(Cl)Cl)O[C@@H]2[C@H]1OC(=O)NC1CCCCC1. The number of nitrogens with zero attached hydrogens (tertiary/aromatic N) is 3. The number of carbonyl (C=O) groups is 2. The first-order valence-electron chi connectivity index (χ1n) is 9.87. The van der Waals surface area contributed by atoms with E-state index in [1.165, 1.54) is 6.92 Å². The molecule has 1 saturated carbocycles. The molecule has 1 N–H and O–H groups in total. The molecule has 0 aromatic carbocycles. The van der Waals surface area contributed by atoms with E-state index in [1.807, 2.05) is 0 Å². The lowest BCUT2D eigenvalue weighted by Gasteiger charge is -2.40. The van der Waals surface area contributed by atoms with Crippen LogP contribution in [0.15, 0.2) is 5.11 Å². The Kier molecular flexibility index (Phi) is 8.37. The molecule has 3 fully saturated rings. The van der Waals surface area contributed by atoms with Crippen molar-refractivity contribution in [2.24, 2.45) is 5.11 Å². The summed E-state index contributed by atoms with van der Waals surface area (Å²) in [5.74, 6) is -0.570. The van der Waals surface area contributed by atoms with E-state index in [1.54, 1.807) is 0 Å². The molecule has 0 spiro atoms. The van der Waals surface area contributed by atoms with Crippen molar-refractivity contribution in [3.8, 4) is 0 Å². The molecule has 11 nitrogen and oxygen atoms in total. The van der Waals surface area contributed by atoms with Crippen molar-refractivity contribution in [3.05, 3.63) is 10.4 Å². The van der Waals surface area contributed by atoms with Gasteiger partial charge in [-0.25, -0.2) is 4.79 Å². The molecule has 3 aliphatic rings. The molecule has 2 heterocycles. The van der Waals surface area contributed by atoms with E-state index in [0.29, 0.717) is 0 Å². The second-order valence-corrected chi connectivity index (χ2v) is 9.87. The zero-order valence-electron chi connectivity index (χ0n) is 16.6. The molecule has 0 aromatic heterocycles. The van der Waals surface area contributed by atoms with Crippen LogP contribution >= 0.6 is 34.8 Å². The zero-order chi connectivity index (χ0) is 22.6. The highest BCUT2D eigenvalue weighted by Crippen LogP contribution is 2.43. The molecule has 14 heteroatoms. The molecule has 1 amide bonds. The predicted molar refractivity (Wildman–Crippen MR) is 109 cm³/mol. The van der Waals surface area contributed by atoms with Gasteiger partial charge in [0.2, 0.25) is 10.1 Å². The second kappa shape index (κ2) is 10.6. The summed E-state index contributed by atoms with van der Waals surface area (Å²) < 4.78 is 25.7. The van der Waals surface area contributed by atoms with Gasteiger partial charge in [0, 0.05) is 17.9 Å². The van der Waals surface area contributed by atoms with Crippen molar-refractivity contribution < 1.29 is 33.3 Å². The van der Waals surface area contributed by atoms with Gasteiger partial charge in [0.25, 0.3) is 0 Å². The standard InChI is InChI=1S/C17H23Cl3N4O7/c1-8(25)27-7-10-11(31-16(26)22-9-5-3-2-4-6-9)12-13(14(28-10)23-24-21)30-15(29-12)17(18,19)20/h9-15H,2-7H2,1H3,(H,22,26)/t10-,11+,12-,13-,14-,15+/m1/s1.